The highest BCUT2D eigenvalue weighted by Crippen LogP contribution is 2.27. The molecule has 1 aromatic rings. The van der Waals surface area contributed by atoms with Crippen LogP contribution in [0.5, 0.6) is 5.88 Å². The van der Waals surface area contributed by atoms with E-state index in [4.69, 9.17) is 9.84 Å². The van der Waals surface area contributed by atoms with Crippen molar-refractivity contribution in [1.29, 1.82) is 0 Å². The standard InChI is InChI=1S/C12H16N2O3/c1-17-11-5-2-8(7-14-11)6-13-10-4-3-9(10)12(15)16/h2,5,7,9-10,13H,3-4,6H2,1H3,(H,15,16). The van der Waals surface area contributed by atoms with Crippen LogP contribution in [0.1, 0.15) is 18.4 Å². The lowest BCUT2D eigenvalue weighted by Crippen LogP contribution is -2.47. The van der Waals surface area contributed by atoms with E-state index in [0.717, 1.165) is 18.4 Å². The van der Waals surface area contributed by atoms with E-state index < -0.39 is 5.97 Å². The number of aromatic nitrogens is 1. The van der Waals surface area contributed by atoms with Gasteiger partial charge >= 0.3 is 5.97 Å². The van der Waals surface area contributed by atoms with Crippen LogP contribution in [0.4, 0.5) is 0 Å². The highest BCUT2D eigenvalue weighted by atomic mass is 16.5. The molecule has 1 aliphatic carbocycles. The van der Waals surface area contributed by atoms with Crippen LogP contribution in [0.15, 0.2) is 18.3 Å². The lowest BCUT2D eigenvalue weighted by molar-refractivity contribution is -0.146. The number of carboxylic acid groups (broad SMARTS) is 1. The number of nitrogens with zero attached hydrogens (tertiary/aromatic N) is 1. The number of rotatable bonds is 5. The lowest BCUT2D eigenvalue weighted by atomic mass is 9.79. The van der Waals surface area contributed by atoms with Gasteiger partial charge in [0.15, 0.2) is 0 Å². The van der Waals surface area contributed by atoms with Crippen LogP contribution < -0.4 is 10.1 Å². The van der Waals surface area contributed by atoms with Crippen molar-refractivity contribution in [3.05, 3.63) is 23.9 Å². The summed E-state index contributed by atoms with van der Waals surface area (Å²) >= 11 is 0. The molecule has 0 radical (unpaired) electrons. The molecule has 17 heavy (non-hydrogen) atoms. The van der Waals surface area contributed by atoms with Crippen molar-refractivity contribution in [2.45, 2.75) is 25.4 Å². The van der Waals surface area contributed by atoms with Crippen molar-refractivity contribution in [1.82, 2.24) is 10.3 Å². The first-order valence-electron chi connectivity index (χ1n) is 5.66. The Morgan fingerprint density at radius 1 is 1.59 bits per heavy atom. The van der Waals surface area contributed by atoms with Gasteiger partial charge < -0.3 is 15.2 Å². The Labute approximate surface area is 99.8 Å². The molecule has 2 rings (SSSR count). The summed E-state index contributed by atoms with van der Waals surface area (Å²) in [5.41, 5.74) is 1.03. The number of hydrogen-bond donors (Lipinski definition) is 2. The molecule has 1 aliphatic rings. The van der Waals surface area contributed by atoms with Gasteiger partial charge in [-0.3, -0.25) is 4.79 Å². The second-order valence-corrected chi connectivity index (χ2v) is 4.22. The van der Waals surface area contributed by atoms with E-state index in [2.05, 4.69) is 10.3 Å². The maximum atomic E-state index is 10.8. The zero-order valence-electron chi connectivity index (χ0n) is 9.72. The van der Waals surface area contributed by atoms with Gasteiger partial charge in [-0.15, -0.1) is 0 Å². The fourth-order valence-corrected chi connectivity index (χ4v) is 1.93. The van der Waals surface area contributed by atoms with E-state index in [1.165, 1.54) is 0 Å². The number of ether oxygens (including phenoxy) is 1. The molecule has 5 heteroatoms. The predicted octanol–water partition coefficient (Wildman–Crippen LogP) is 1.04. The van der Waals surface area contributed by atoms with Crippen molar-refractivity contribution in [2.24, 2.45) is 5.92 Å². The molecule has 0 aromatic carbocycles. The number of pyridine rings is 1. The number of aliphatic carboxylic acids is 1. The van der Waals surface area contributed by atoms with Crippen molar-refractivity contribution in [3.8, 4) is 5.88 Å². The van der Waals surface area contributed by atoms with Crippen LogP contribution in [0, 0.1) is 5.92 Å². The maximum Gasteiger partial charge on any atom is 0.308 e. The van der Waals surface area contributed by atoms with Crippen LogP contribution in [0.3, 0.4) is 0 Å². The van der Waals surface area contributed by atoms with Crippen molar-refractivity contribution in [2.75, 3.05) is 7.11 Å². The number of carboxylic acids is 1. The van der Waals surface area contributed by atoms with Crippen LogP contribution >= 0.6 is 0 Å². The van der Waals surface area contributed by atoms with E-state index in [9.17, 15) is 4.79 Å². The average molecular weight is 236 g/mol. The summed E-state index contributed by atoms with van der Waals surface area (Å²) < 4.78 is 4.97. The van der Waals surface area contributed by atoms with Crippen LogP contribution in [-0.2, 0) is 11.3 Å². The third-order valence-corrected chi connectivity index (χ3v) is 3.17. The summed E-state index contributed by atoms with van der Waals surface area (Å²) in [6, 6.07) is 3.81. The molecule has 2 unspecified atom stereocenters. The Bertz CT molecular complexity index is 391. The third kappa shape index (κ3) is 2.74. The molecule has 0 aliphatic heterocycles. The first kappa shape index (κ1) is 11.9. The molecule has 2 N–H and O–H groups in total. The molecule has 0 spiro atoms. The van der Waals surface area contributed by atoms with Gasteiger partial charge in [0.1, 0.15) is 0 Å². The summed E-state index contributed by atoms with van der Waals surface area (Å²) in [4.78, 5) is 14.9. The van der Waals surface area contributed by atoms with Gasteiger partial charge in [0, 0.05) is 24.8 Å². The molecule has 1 heterocycles. The van der Waals surface area contributed by atoms with Crippen molar-refractivity contribution < 1.29 is 14.6 Å². The largest absolute Gasteiger partial charge is 0.481 e. The molecule has 1 fully saturated rings. The molecule has 0 amide bonds. The van der Waals surface area contributed by atoms with Gasteiger partial charge in [-0.1, -0.05) is 6.07 Å². The molecule has 5 nitrogen and oxygen atoms in total. The van der Waals surface area contributed by atoms with E-state index in [0.29, 0.717) is 12.4 Å². The smallest absolute Gasteiger partial charge is 0.308 e. The van der Waals surface area contributed by atoms with Gasteiger partial charge in [-0.05, 0) is 18.4 Å². The average Bonchev–Trinajstić information content (AvgIpc) is 2.28. The first-order valence-corrected chi connectivity index (χ1v) is 5.66. The number of methoxy groups -OCH3 is 1. The second kappa shape index (κ2) is 5.14. The number of carbonyl (C=O) groups is 1. The molecule has 1 saturated carbocycles. The summed E-state index contributed by atoms with van der Waals surface area (Å²) in [7, 11) is 1.58. The Morgan fingerprint density at radius 3 is 2.88 bits per heavy atom. The summed E-state index contributed by atoms with van der Waals surface area (Å²) in [6.07, 6.45) is 3.44. The van der Waals surface area contributed by atoms with Gasteiger partial charge in [0.2, 0.25) is 5.88 Å². The Kier molecular flexibility index (Phi) is 3.58. The Balaban J connectivity index is 1.83. The first-order chi connectivity index (χ1) is 8.20. The molecule has 2 atom stereocenters. The SMILES string of the molecule is COc1ccc(CNC2CCC2C(=O)O)cn1. The molecule has 0 saturated heterocycles. The number of hydrogen-bond acceptors (Lipinski definition) is 4. The van der Waals surface area contributed by atoms with E-state index in [1.807, 2.05) is 6.07 Å². The topological polar surface area (TPSA) is 71.5 Å². The zero-order valence-corrected chi connectivity index (χ0v) is 9.72. The predicted molar refractivity (Wildman–Crippen MR) is 61.8 cm³/mol. The third-order valence-electron chi connectivity index (χ3n) is 3.17. The quantitative estimate of drug-likeness (QED) is 0.799. The minimum Gasteiger partial charge on any atom is -0.481 e. The minimum absolute atomic E-state index is 0.0922. The summed E-state index contributed by atoms with van der Waals surface area (Å²) in [5, 5.41) is 12.1. The summed E-state index contributed by atoms with van der Waals surface area (Å²) in [6.45, 7) is 0.644. The van der Waals surface area contributed by atoms with Crippen LogP contribution in [0.2, 0.25) is 0 Å². The van der Waals surface area contributed by atoms with Gasteiger partial charge in [-0.2, -0.15) is 0 Å². The lowest BCUT2D eigenvalue weighted by Gasteiger charge is -2.34. The molecular weight excluding hydrogens is 220 g/mol. The van der Waals surface area contributed by atoms with Gasteiger partial charge in [0.25, 0.3) is 0 Å². The fraction of sp³-hybridized carbons (Fsp3) is 0.500. The zero-order chi connectivity index (χ0) is 12.3. The van der Waals surface area contributed by atoms with Crippen molar-refractivity contribution >= 4 is 5.97 Å². The summed E-state index contributed by atoms with van der Waals surface area (Å²) in [5.74, 6) is -0.358. The van der Waals surface area contributed by atoms with Crippen LogP contribution in [-0.4, -0.2) is 29.2 Å². The maximum absolute atomic E-state index is 10.8. The van der Waals surface area contributed by atoms with E-state index in [1.54, 1.807) is 19.4 Å². The normalized spacial score (nSPS) is 22.9. The Hall–Kier alpha value is -1.62. The minimum atomic E-state index is -0.707. The fourth-order valence-electron chi connectivity index (χ4n) is 1.93. The molecule has 92 valence electrons. The molecule has 1 aromatic heterocycles. The second-order valence-electron chi connectivity index (χ2n) is 4.22. The van der Waals surface area contributed by atoms with Crippen molar-refractivity contribution in [3.63, 3.8) is 0 Å². The number of nitrogens with one attached hydrogen (secondary N) is 1. The van der Waals surface area contributed by atoms with E-state index >= 15 is 0 Å². The monoisotopic (exact) mass is 236 g/mol. The molecule has 0 bridgehead atoms. The van der Waals surface area contributed by atoms with Crippen LogP contribution in [0.25, 0.3) is 0 Å². The molecular formula is C12H16N2O3. The van der Waals surface area contributed by atoms with Gasteiger partial charge in [-0.25, -0.2) is 4.98 Å². The van der Waals surface area contributed by atoms with E-state index in [-0.39, 0.29) is 12.0 Å². The highest BCUT2D eigenvalue weighted by molar-refractivity contribution is 5.72. The highest BCUT2D eigenvalue weighted by Gasteiger charge is 2.35. The van der Waals surface area contributed by atoms with Gasteiger partial charge in [0.05, 0.1) is 13.0 Å². The Morgan fingerprint density at radius 2 is 2.41 bits per heavy atom.